The van der Waals surface area contributed by atoms with Crippen molar-refractivity contribution >= 4 is 5.91 Å². The topological polar surface area (TPSA) is 32.3 Å². The Kier molecular flexibility index (Phi) is 4.35. The van der Waals surface area contributed by atoms with Gasteiger partial charge in [0.2, 0.25) is 0 Å². The number of nitrogens with zero attached hydrogens (tertiary/aromatic N) is 1. The normalized spacial score (nSPS) is 26.2. The van der Waals surface area contributed by atoms with Gasteiger partial charge in [-0.1, -0.05) is 48.5 Å². The summed E-state index contributed by atoms with van der Waals surface area (Å²) in [5.74, 6) is 0.0662. The summed E-state index contributed by atoms with van der Waals surface area (Å²) < 4.78 is 0. The molecule has 2 fully saturated rings. The molecule has 2 aromatic carbocycles. The van der Waals surface area contributed by atoms with E-state index < -0.39 is 0 Å². The van der Waals surface area contributed by atoms with E-state index in [0.29, 0.717) is 18.1 Å². The number of carbonyl (C=O) groups is 1. The van der Waals surface area contributed by atoms with Crippen LogP contribution in [0.25, 0.3) is 0 Å². The zero-order valence-corrected chi connectivity index (χ0v) is 13.9. The highest BCUT2D eigenvalue weighted by atomic mass is 16.1. The quantitative estimate of drug-likeness (QED) is 0.933. The molecule has 1 amide bonds. The molecule has 0 aromatic heterocycles. The molecule has 2 aliphatic heterocycles. The lowest BCUT2D eigenvalue weighted by atomic mass is 9.96. The summed E-state index contributed by atoms with van der Waals surface area (Å²) in [4.78, 5) is 15.0. The second-order valence-electron chi connectivity index (χ2n) is 7.05. The van der Waals surface area contributed by atoms with Crippen LogP contribution in [-0.2, 0) is 6.54 Å². The van der Waals surface area contributed by atoms with Gasteiger partial charge in [0.25, 0.3) is 5.91 Å². The number of hydrogen-bond donors (Lipinski definition) is 1. The molecule has 24 heavy (non-hydrogen) atoms. The van der Waals surface area contributed by atoms with Crippen molar-refractivity contribution in [2.24, 2.45) is 0 Å². The number of rotatable bonds is 4. The lowest BCUT2D eigenvalue weighted by Gasteiger charge is -2.39. The minimum Gasteiger partial charge on any atom is -0.349 e. The van der Waals surface area contributed by atoms with Gasteiger partial charge in [0, 0.05) is 30.2 Å². The van der Waals surface area contributed by atoms with E-state index in [9.17, 15) is 4.79 Å². The molecule has 2 aliphatic rings. The SMILES string of the molecule is O=C(NC1C[C@H]2CC[C@@H](C1)N2Cc1ccccc1)c1ccccc1. The second kappa shape index (κ2) is 6.78. The Morgan fingerprint density at radius 1 is 0.917 bits per heavy atom. The van der Waals surface area contributed by atoms with Crippen molar-refractivity contribution in [3.05, 3.63) is 71.8 Å². The molecule has 3 heteroatoms. The van der Waals surface area contributed by atoms with Crippen molar-refractivity contribution in [1.29, 1.82) is 0 Å². The monoisotopic (exact) mass is 320 g/mol. The van der Waals surface area contributed by atoms with Gasteiger partial charge < -0.3 is 5.32 Å². The van der Waals surface area contributed by atoms with Gasteiger partial charge >= 0.3 is 0 Å². The number of amides is 1. The van der Waals surface area contributed by atoms with Crippen LogP contribution in [0.5, 0.6) is 0 Å². The number of carbonyl (C=O) groups excluding carboxylic acids is 1. The third kappa shape index (κ3) is 3.22. The summed E-state index contributed by atoms with van der Waals surface area (Å²) in [7, 11) is 0. The van der Waals surface area contributed by atoms with E-state index in [0.717, 1.165) is 24.9 Å². The summed E-state index contributed by atoms with van der Waals surface area (Å²) in [6, 6.07) is 21.8. The average molecular weight is 320 g/mol. The van der Waals surface area contributed by atoms with Crippen LogP contribution >= 0.6 is 0 Å². The Labute approximate surface area is 143 Å². The van der Waals surface area contributed by atoms with Crippen molar-refractivity contribution in [3.63, 3.8) is 0 Å². The summed E-state index contributed by atoms with van der Waals surface area (Å²) in [6.07, 6.45) is 4.66. The molecule has 1 N–H and O–H groups in total. The molecule has 2 heterocycles. The number of benzene rings is 2. The average Bonchev–Trinajstić information content (AvgIpc) is 2.86. The first-order valence-electron chi connectivity index (χ1n) is 8.95. The fourth-order valence-electron chi connectivity index (χ4n) is 4.30. The van der Waals surface area contributed by atoms with E-state index in [1.807, 2.05) is 30.3 Å². The molecule has 0 radical (unpaired) electrons. The summed E-state index contributed by atoms with van der Waals surface area (Å²) in [5, 5.41) is 3.25. The Balaban J connectivity index is 1.38. The van der Waals surface area contributed by atoms with Crippen LogP contribution in [0, 0.1) is 0 Å². The van der Waals surface area contributed by atoms with E-state index in [2.05, 4.69) is 40.5 Å². The maximum atomic E-state index is 12.4. The molecule has 124 valence electrons. The highest BCUT2D eigenvalue weighted by Crippen LogP contribution is 2.36. The van der Waals surface area contributed by atoms with E-state index in [4.69, 9.17) is 0 Å². The lowest BCUT2D eigenvalue weighted by Crippen LogP contribution is -2.49. The van der Waals surface area contributed by atoms with Crippen LogP contribution in [0.4, 0.5) is 0 Å². The van der Waals surface area contributed by atoms with Crippen LogP contribution in [0.2, 0.25) is 0 Å². The van der Waals surface area contributed by atoms with Crippen molar-refractivity contribution < 1.29 is 4.79 Å². The molecule has 4 rings (SSSR count). The third-order valence-electron chi connectivity index (χ3n) is 5.46. The first-order chi connectivity index (χ1) is 11.8. The molecular formula is C21H24N2O. The van der Waals surface area contributed by atoms with Gasteiger partial charge in [-0.2, -0.15) is 0 Å². The molecule has 2 bridgehead atoms. The zero-order valence-electron chi connectivity index (χ0n) is 13.9. The van der Waals surface area contributed by atoms with E-state index in [1.165, 1.54) is 18.4 Å². The van der Waals surface area contributed by atoms with Crippen molar-refractivity contribution in [2.75, 3.05) is 0 Å². The highest BCUT2D eigenvalue weighted by molar-refractivity contribution is 5.94. The van der Waals surface area contributed by atoms with Gasteiger partial charge in [0.1, 0.15) is 0 Å². The van der Waals surface area contributed by atoms with E-state index in [1.54, 1.807) is 0 Å². The molecule has 1 unspecified atom stereocenters. The van der Waals surface area contributed by atoms with Crippen LogP contribution in [-0.4, -0.2) is 28.9 Å². The summed E-state index contributed by atoms with van der Waals surface area (Å²) in [6.45, 7) is 1.04. The van der Waals surface area contributed by atoms with Crippen LogP contribution in [0.1, 0.15) is 41.6 Å². The summed E-state index contributed by atoms with van der Waals surface area (Å²) >= 11 is 0. The Bertz CT molecular complexity index is 671. The van der Waals surface area contributed by atoms with Crippen molar-refractivity contribution in [3.8, 4) is 0 Å². The second-order valence-corrected chi connectivity index (χ2v) is 7.05. The van der Waals surface area contributed by atoms with Gasteiger partial charge in [-0.3, -0.25) is 9.69 Å². The molecule has 0 spiro atoms. The van der Waals surface area contributed by atoms with Gasteiger partial charge in [-0.25, -0.2) is 0 Å². The summed E-state index contributed by atoms with van der Waals surface area (Å²) in [5.41, 5.74) is 2.15. The van der Waals surface area contributed by atoms with Gasteiger partial charge in [0.05, 0.1) is 0 Å². The largest absolute Gasteiger partial charge is 0.349 e. The van der Waals surface area contributed by atoms with Gasteiger partial charge in [-0.15, -0.1) is 0 Å². The molecule has 2 saturated heterocycles. The van der Waals surface area contributed by atoms with Crippen LogP contribution < -0.4 is 5.32 Å². The number of piperidine rings is 1. The van der Waals surface area contributed by atoms with Crippen LogP contribution in [0.3, 0.4) is 0 Å². The van der Waals surface area contributed by atoms with Gasteiger partial charge in [0.15, 0.2) is 0 Å². The maximum Gasteiger partial charge on any atom is 0.251 e. The lowest BCUT2D eigenvalue weighted by molar-refractivity contribution is 0.0828. The molecular weight excluding hydrogens is 296 g/mol. The third-order valence-corrected chi connectivity index (χ3v) is 5.46. The first-order valence-corrected chi connectivity index (χ1v) is 8.95. The molecule has 2 aromatic rings. The van der Waals surface area contributed by atoms with Gasteiger partial charge in [-0.05, 0) is 43.4 Å². The van der Waals surface area contributed by atoms with E-state index >= 15 is 0 Å². The van der Waals surface area contributed by atoms with Crippen molar-refractivity contribution in [1.82, 2.24) is 10.2 Å². The minimum atomic E-state index is 0.0662. The Hall–Kier alpha value is -2.13. The molecule has 3 atom stereocenters. The molecule has 0 aliphatic carbocycles. The number of nitrogens with one attached hydrogen (secondary N) is 1. The van der Waals surface area contributed by atoms with Crippen LogP contribution in [0.15, 0.2) is 60.7 Å². The number of fused-ring (bicyclic) bond motifs is 2. The minimum absolute atomic E-state index is 0.0662. The predicted molar refractivity (Wildman–Crippen MR) is 95.7 cm³/mol. The maximum absolute atomic E-state index is 12.4. The smallest absolute Gasteiger partial charge is 0.251 e. The molecule has 0 saturated carbocycles. The first kappa shape index (κ1) is 15.4. The van der Waals surface area contributed by atoms with Crippen molar-refractivity contribution in [2.45, 2.75) is 50.4 Å². The Morgan fingerprint density at radius 2 is 1.50 bits per heavy atom. The zero-order chi connectivity index (χ0) is 16.4. The highest BCUT2D eigenvalue weighted by Gasteiger charge is 2.40. The number of hydrogen-bond acceptors (Lipinski definition) is 2. The fourth-order valence-corrected chi connectivity index (χ4v) is 4.30. The predicted octanol–water partition coefficient (Wildman–Crippen LogP) is 3.61. The fraction of sp³-hybridized carbons (Fsp3) is 0.381. The molecule has 3 nitrogen and oxygen atoms in total. The Morgan fingerprint density at radius 3 is 2.12 bits per heavy atom. The van der Waals surface area contributed by atoms with E-state index in [-0.39, 0.29) is 5.91 Å². The standard InChI is InChI=1S/C21H24N2O/c24-21(17-9-5-2-6-10-17)22-18-13-19-11-12-20(14-18)23(19)15-16-7-3-1-4-8-16/h1-10,18-20H,11-15H2,(H,22,24)/t18?,19-,20+.